The maximum Gasteiger partial charge on any atom is 0.123 e. The minimum atomic E-state index is 0.846. The third-order valence-electron chi connectivity index (χ3n) is 4.78. The van der Waals surface area contributed by atoms with Gasteiger partial charge in [0.1, 0.15) is 5.01 Å². The molecule has 0 spiro atoms. The number of piperazine rings is 1. The highest BCUT2D eigenvalue weighted by molar-refractivity contribution is 7.13. The molecule has 2 N–H and O–H groups in total. The molecular weight excluding hydrogens is 340 g/mol. The second-order valence-electron chi connectivity index (χ2n) is 6.81. The predicted molar refractivity (Wildman–Crippen MR) is 109 cm³/mol. The molecule has 1 aromatic heterocycles. The average Bonchev–Trinajstić information content (AvgIpc) is 3.13. The zero-order valence-electron chi connectivity index (χ0n) is 14.8. The van der Waals surface area contributed by atoms with Crippen molar-refractivity contribution in [2.45, 2.75) is 13.1 Å². The van der Waals surface area contributed by atoms with Crippen LogP contribution in [0.5, 0.6) is 0 Å². The van der Waals surface area contributed by atoms with E-state index < -0.39 is 0 Å². The van der Waals surface area contributed by atoms with E-state index in [-0.39, 0.29) is 0 Å². The van der Waals surface area contributed by atoms with E-state index in [1.807, 2.05) is 18.2 Å². The van der Waals surface area contributed by atoms with Gasteiger partial charge in [-0.15, -0.1) is 11.3 Å². The van der Waals surface area contributed by atoms with Crippen molar-refractivity contribution >= 4 is 17.0 Å². The molecule has 1 fully saturated rings. The minimum absolute atomic E-state index is 0.846. The highest BCUT2D eigenvalue weighted by Crippen LogP contribution is 2.24. The third kappa shape index (κ3) is 4.30. The molecule has 0 aliphatic carbocycles. The van der Waals surface area contributed by atoms with Crippen LogP contribution in [0.4, 0.5) is 5.69 Å². The van der Waals surface area contributed by atoms with E-state index in [1.165, 1.54) is 16.8 Å². The molecule has 0 saturated carbocycles. The number of thiazole rings is 1. The molecule has 5 heteroatoms. The number of nitrogen functional groups attached to an aromatic ring is 1. The first kappa shape index (κ1) is 17.2. The van der Waals surface area contributed by atoms with Crippen LogP contribution in [0, 0.1) is 0 Å². The average molecular weight is 365 g/mol. The number of aromatic nitrogens is 1. The molecule has 26 heavy (non-hydrogen) atoms. The summed E-state index contributed by atoms with van der Waals surface area (Å²) in [5, 5.41) is 3.31. The standard InChI is InChI=1S/C21H24N4S/c22-19-8-4-5-17(13-19)14-24-9-11-25(12-10-24)15-20-16-26-21(23-20)18-6-2-1-3-7-18/h1-8,13,16H,9-12,14-15,22H2. The Hall–Kier alpha value is -2.21. The van der Waals surface area contributed by atoms with Crippen LogP contribution < -0.4 is 5.73 Å². The highest BCUT2D eigenvalue weighted by atomic mass is 32.1. The molecule has 2 aromatic carbocycles. The topological polar surface area (TPSA) is 45.4 Å². The summed E-state index contributed by atoms with van der Waals surface area (Å²) in [4.78, 5) is 9.82. The molecule has 0 atom stereocenters. The Kier molecular flexibility index (Phi) is 5.29. The Morgan fingerprint density at radius 3 is 2.35 bits per heavy atom. The summed E-state index contributed by atoms with van der Waals surface area (Å²) in [6, 6.07) is 18.6. The first-order valence-electron chi connectivity index (χ1n) is 9.05. The molecule has 4 nitrogen and oxygen atoms in total. The van der Waals surface area contributed by atoms with E-state index in [9.17, 15) is 0 Å². The van der Waals surface area contributed by atoms with Gasteiger partial charge in [-0.3, -0.25) is 9.80 Å². The van der Waals surface area contributed by atoms with Crippen LogP contribution in [0.2, 0.25) is 0 Å². The molecule has 0 unspecified atom stereocenters. The molecule has 3 aromatic rings. The van der Waals surface area contributed by atoms with Gasteiger partial charge in [0, 0.05) is 55.9 Å². The Bertz CT molecular complexity index is 838. The minimum Gasteiger partial charge on any atom is -0.399 e. The Balaban J connectivity index is 1.29. The van der Waals surface area contributed by atoms with E-state index in [4.69, 9.17) is 10.7 Å². The Labute approximate surface area is 158 Å². The molecule has 1 saturated heterocycles. The van der Waals surface area contributed by atoms with Gasteiger partial charge in [0.2, 0.25) is 0 Å². The van der Waals surface area contributed by atoms with Crippen LogP contribution >= 0.6 is 11.3 Å². The number of hydrogen-bond donors (Lipinski definition) is 1. The normalized spacial score (nSPS) is 16.0. The van der Waals surface area contributed by atoms with Crippen LogP contribution in [-0.4, -0.2) is 41.0 Å². The number of benzene rings is 2. The quantitative estimate of drug-likeness (QED) is 0.701. The lowest BCUT2D eigenvalue weighted by Gasteiger charge is -2.34. The Morgan fingerprint density at radius 2 is 1.62 bits per heavy atom. The summed E-state index contributed by atoms with van der Waals surface area (Å²) in [5.74, 6) is 0. The summed E-state index contributed by atoms with van der Waals surface area (Å²) in [7, 11) is 0. The molecule has 0 amide bonds. The fourth-order valence-corrected chi connectivity index (χ4v) is 4.19. The van der Waals surface area contributed by atoms with E-state index in [2.05, 4.69) is 51.6 Å². The van der Waals surface area contributed by atoms with Crippen LogP contribution in [0.1, 0.15) is 11.3 Å². The van der Waals surface area contributed by atoms with E-state index in [0.717, 1.165) is 50.0 Å². The van der Waals surface area contributed by atoms with Gasteiger partial charge in [-0.25, -0.2) is 4.98 Å². The van der Waals surface area contributed by atoms with E-state index in [1.54, 1.807) is 11.3 Å². The van der Waals surface area contributed by atoms with Gasteiger partial charge < -0.3 is 5.73 Å². The molecule has 4 rings (SSSR count). The highest BCUT2D eigenvalue weighted by Gasteiger charge is 2.18. The smallest absolute Gasteiger partial charge is 0.123 e. The molecule has 1 aliphatic heterocycles. The first-order chi connectivity index (χ1) is 12.8. The van der Waals surface area contributed by atoms with Gasteiger partial charge in [0.05, 0.1) is 5.69 Å². The number of nitrogens with two attached hydrogens (primary N) is 1. The van der Waals surface area contributed by atoms with Crippen molar-refractivity contribution in [1.82, 2.24) is 14.8 Å². The molecule has 0 bridgehead atoms. The van der Waals surface area contributed by atoms with Crippen LogP contribution in [0.25, 0.3) is 10.6 Å². The number of hydrogen-bond acceptors (Lipinski definition) is 5. The van der Waals surface area contributed by atoms with Crippen molar-refractivity contribution in [3.63, 3.8) is 0 Å². The van der Waals surface area contributed by atoms with E-state index >= 15 is 0 Å². The van der Waals surface area contributed by atoms with Crippen molar-refractivity contribution in [1.29, 1.82) is 0 Å². The lowest BCUT2D eigenvalue weighted by atomic mass is 10.1. The van der Waals surface area contributed by atoms with Crippen LogP contribution in [-0.2, 0) is 13.1 Å². The van der Waals surface area contributed by atoms with Crippen molar-refractivity contribution in [2.75, 3.05) is 31.9 Å². The summed E-state index contributed by atoms with van der Waals surface area (Å²) in [6.45, 7) is 6.26. The summed E-state index contributed by atoms with van der Waals surface area (Å²) >= 11 is 1.73. The van der Waals surface area contributed by atoms with Gasteiger partial charge >= 0.3 is 0 Å². The van der Waals surface area contributed by atoms with E-state index in [0.29, 0.717) is 0 Å². The lowest BCUT2D eigenvalue weighted by Crippen LogP contribution is -2.45. The zero-order chi connectivity index (χ0) is 17.8. The van der Waals surface area contributed by atoms with Crippen molar-refractivity contribution in [3.8, 4) is 10.6 Å². The summed E-state index contributed by atoms with van der Waals surface area (Å²) in [5.41, 5.74) is 10.4. The van der Waals surface area contributed by atoms with Crippen LogP contribution in [0.3, 0.4) is 0 Å². The largest absolute Gasteiger partial charge is 0.399 e. The second-order valence-corrected chi connectivity index (χ2v) is 7.67. The number of nitrogens with zero attached hydrogens (tertiary/aromatic N) is 3. The predicted octanol–water partition coefficient (Wildman–Crippen LogP) is 3.71. The molecule has 1 aliphatic rings. The second kappa shape index (κ2) is 7.99. The first-order valence-corrected chi connectivity index (χ1v) is 9.93. The Morgan fingerprint density at radius 1 is 0.885 bits per heavy atom. The maximum atomic E-state index is 5.88. The van der Waals surface area contributed by atoms with Crippen LogP contribution in [0.15, 0.2) is 60.0 Å². The van der Waals surface area contributed by atoms with Gasteiger partial charge in [-0.1, -0.05) is 42.5 Å². The SMILES string of the molecule is Nc1cccc(CN2CCN(Cc3csc(-c4ccccc4)n3)CC2)c1. The summed E-state index contributed by atoms with van der Waals surface area (Å²) in [6.07, 6.45) is 0. The van der Waals surface area contributed by atoms with Crippen molar-refractivity contribution in [2.24, 2.45) is 0 Å². The molecular formula is C21H24N4S. The number of rotatable bonds is 5. The van der Waals surface area contributed by atoms with Gasteiger partial charge in [0.25, 0.3) is 0 Å². The van der Waals surface area contributed by atoms with Gasteiger partial charge in [-0.2, -0.15) is 0 Å². The van der Waals surface area contributed by atoms with Crippen molar-refractivity contribution < 1.29 is 0 Å². The fraction of sp³-hybridized carbons (Fsp3) is 0.286. The van der Waals surface area contributed by atoms with Gasteiger partial charge in [-0.05, 0) is 17.7 Å². The van der Waals surface area contributed by atoms with Crippen molar-refractivity contribution in [3.05, 3.63) is 71.2 Å². The maximum absolute atomic E-state index is 5.88. The van der Waals surface area contributed by atoms with Gasteiger partial charge in [0.15, 0.2) is 0 Å². The summed E-state index contributed by atoms with van der Waals surface area (Å²) < 4.78 is 0. The molecule has 2 heterocycles. The fourth-order valence-electron chi connectivity index (χ4n) is 3.38. The zero-order valence-corrected chi connectivity index (χ0v) is 15.7. The lowest BCUT2D eigenvalue weighted by molar-refractivity contribution is 0.121. The third-order valence-corrected chi connectivity index (χ3v) is 5.72. The molecule has 0 radical (unpaired) electrons. The molecule has 134 valence electrons. The monoisotopic (exact) mass is 364 g/mol. The number of anilines is 1.